The summed E-state index contributed by atoms with van der Waals surface area (Å²) in [5.41, 5.74) is 2.86. The summed E-state index contributed by atoms with van der Waals surface area (Å²) in [6.45, 7) is 2.92. The zero-order valence-electron chi connectivity index (χ0n) is 17.9. The lowest BCUT2D eigenvalue weighted by atomic mass is 10.1. The molecule has 1 heterocycles. The first-order valence-corrected chi connectivity index (χ1v) is 10.8. The molecule has 0 bridgehead atoms. The molecule has 3 rings (SSSR count). The van der Waals surface area contributed by atoms with Gasteiger partial charge in [-0.05, 0) is 54.8 Å². The van der Waals surface area contributed by atoms with E-state index in [2.05, 4.69) is 10.3 Å². The van der Waals surface area contributed by atoms with Gasteiger partial charge in [-0.25, -0.2) is 4.98 Å². The van der Waals surface area contributed by atoms with E-state index in [0.29, 0.717) is 31.1 Å². The van der Waals surface area contributed by atoms with E-state index in [9.17, 15) is 4.79 Å². The van der Waals surface area contributed by atoms with Gasteiger partial charge in [0.05, 0.1) is 24.9 Å². The highest BCUT2D eigenvalue weighted by Crippen LogP contribution is 2.27. The minimum Gasteiger partial charge on any atom is -0.493 e. The molecule has 162 valence electrons. The lowest BCUT2D eigenvalue weighted by molar-refractivity contribution is -0.116. The Labute approximate surface area is 186 Å². The van der Waals surface area contributed by atoms with E-state index >= 15 is 0 Å². The van der Waals surface area contributed by atoms with Crippen LogP contribution in [0.2, 0.25) is 0 Å². The number of aryl methyl sites for hydroxylation is 1. The Hall–Kier alpha value is -3.32. The first-order valence-electron chi connectivity index (χ1n) is 9.88. The quantitative estimate of drug-likeness (QED) is 0.475. The molecule has 2 aromatic carbocycles. The normalized spacial score (nSPS) is 10.8. The minimum atomic E-state index is -0.148. The number of methoxy groups -OCH3 is 2. The Bertz CT molecular complexity index is 1050. The number of ether oxygens (including phenoxy) is 3. The van der Waals surface area contributed by atoms with E-state index in [1.165, 1.54) is 6.08 Å². The van der Waals surface area contributed by atoms with Gasteiger partial charge in [-0.3, -0.25) is 4.79 Å². The van der Waals surface area contributed by atoms with Crippen LogP contribution >= 0.6 is 11.3 Å². The average molecular weight is 439 g/mol. The van der Waals surface area contributed by atoms with Gasteiger partial charge < -0.3 is 19.5 Å². The third kappa shape index (κ3) is 6.86. The summed E-state index contributed by atoms with van der Waals surface area (Å²) in [6.07, 6.45) is 3.99. The molecule has 0 aliphatic rings. The molecule has 0 saturated carbocycles. The van der Waals surface area contributed by atoms with Crippen LogP contribution in [-0.4, -0.2) is 31.7 Å². The number of aromatic nitrogens is 1. The van der Waals surface area contributed by atoms with Crippen molar-refractivity contribution in [1.29, 1.82) is 0 Å². The summed E-state index contributed by atoms with van der Waals surface area (Å²) >= 11 is 1.60. The number of benzene rings is 2. The number of hydrogen-bond donors (Lipinski definition) is 1. The Morgan fingerprint density at radius 3 is 2.71 bits per heavy atom. The molecular weight excluding hydrogens is 412 g/mol. The van der Waals surface area contributed by atoms with Crippen molar-refractivity contribution >= 4 is 23.3 Å². The van der Waals surface area contributed by atoms with Crippen molar-refractivity contribution in [3.8, 4) is 17.2 Å². The number of thiazole rings is 1. The molecule has 1 N–H and O–H groups in total. The maximum absolute atomic E-state index is 12.1. The average Bonchev–Trinajstić information content (AvgIpc) is 3.21. The van der Waals surface area contributed by atoms with Crippen molar-refractivity contribution < 1.29 is 19.0 Å². The summed E-state index contributed by atoms with van der Waals surface area (Å²) in [5, 5.41) is 5.91. The van der Waals surface area contributed by atoms with Crippen LogP contribution in [0.4, 0.5) is 0 Å². The van der Waals surface area contributed by atoms with E-state index in [4.69, 9.17) is 14.2 Å². The Morgan fingerprint density at radius 2 is 1.97 bits per heavy atom. The predicted molar refractivity (Wildman–Crippen MR) is 123 cm³/mol. The van der Waals surface area contributed by atoms with Gasteiger partial charge in [-0.15, -0.1) is 11.3 Å². The van der Waals surface area contributed by atoms with Gasteiger partial charge in [0.25, 0.3) is 0 Å². The molecule has 3 aromatic rings. The summed E-state index contributed by atoms with van der Waals surface area (Å²) in [6, 6.07) is 13.3. The van der Waals surface area contributed by atoms with Gasteiger partial charge in [-0.2, -0.15) is 0 Å². The van der Waals surface area contributed by atoms with E-state index in [1.54, 1.807) is 31.6 Å². The van der Waals surface area contributed by atoms with E-state index in [0.717, 1.165) is 27.6 Å². The maximum atomic E-state index is 12.1. The summed E-state index contributed by atoms with van der Waals surface area (Å²) in [4.78, 5) is 16.5. The van der Waals surface area contributed by atoms with Crippen LogP contribution in [0.15, 0.2) is 53.9 Å². The largest absolute Gasteiger partial charge is 0.493 e. The molecule has 0 saturated heterocycles. The second kappa shape index (κ2) is 11.2. The SMILES string of the molecule is COc1ccc(CCNC(=O)/C=C/c2cccc(OCc3csc(C)n3)c2)cc1OC. The van der Waals surface area contributed by atoms with Crippen molar-refractivity contribution in [2.75, 3.05) is 20.8 Å². The van der Waals surface area contributed by atoms with Crippen LogP contribution in [-0.2, 0) is 17.8 Å². The lowest BCUT2D eigenvalue weighted by Gasteiger charge is -2.09. The molecule has 0 fully saturated rings. The van der Waals surface area contributed by atoms with Crippen molar-refractivity contribution in [2.24, 2.45) is 0 Å². The van der Waals surface area contributed by atoms with Gasteiger partial charge in [0.1, 0.15) is 12.4 Å². The number of nitrogens with zero attached hydrogens (tertiary/aromatic N) is 1. The van der Waals surface area contributed by atoms with Crippen LogP contribution < -0.4 is 19.5 Å². The Balaban J connectivity index is 1.47. The van der Waals surface area contributed by atoms with E-state index < -0.39 is 0 Å². The smallest absolute Gasteiger partial charge is 0.244 e. The number of amides is 1. The fourth-order valence-electron chi connectivity index (χ4n) is 2.94. The van der Waals surface area contributed by atoms with Gasteiger partial charge in [-0.1, -0.05) is 18.2 Å². The molecule has 0 radical (unpaired) electrons. The molecule has 1 aromatic heterocycles. The van der Waals surface area contributed by atoms with Gasteiger partial charge in [0, 0.05) is 18.0 Å². The molecule has 7 heteroatoms. The second-order valence-corrected chi connectivity index (χ2v) is 7.84. The standard InChI is InChI=1S/C24H26N2O4S/c1-17-26-20(16-31-17)15-30-21-6-4-5-18(13-21)8-10-24(27)25-12-11-19-7-9-22(28-2)23(14-19)29-3/h4-10,13-14,16H,11-12,15H2,1-3H3,(H,25,27)/b10-8+. The zero-order valence-corrected chi connectivity index (χ0v) is 18.7. The molecule has 6 nitrogen and oxygen atoms in total. The summed E-state index contributed by atoms with van der Waals surface area (Å²) < 4.78 is 16.3. The highest BCUT2D eigenvalue weighted by atomic mass is 32.1. The molecule has 0 unspecified atom stereocenters. The molecule has 0 aliphatic heterocycles. The first-order chi connectivity index (χ1) is 15.1. The number of nitrogens with one attached hydrogen (secondary N) is 1. The molecule has 1 amide bonds. The number of carbonyl (C=O) groups is 1. The van der Waals surface area contributed by atoms with Crippen LogP contribution in [0.25, 0.3) is 6.08 Å². The van der Waals surface area contributed by atoms with Crippen molar-refractivity contribution in [1.82, 2.24) is 10.3 Å². The monoisotopic (exact) mass is 438 g/mol. The molecule has 31 heavy (non-hydrogen) atoms. The number of rotatable bonds is 10. The third-order valence-electron chi connectivity index (χ3n) is 4.50. The first kappa shape index (κ1) is 22.4. The Kier molecular flexibility index (Phi) is 8.06. The van der Waals surface area contributed by atoms with E-state index in [1.807, 2.05) is 54.8 Å². The topological polar surface area (TPSA) is 69.7 Å². The summed E-state index contributed by atoms with van der Waals surface area (Å²) in [7, 11) is 3.21. The summed E-state index contributed by atoms with van der Waals surface area (Å²) in [5.74, 6) is 1.95. The molecule has 0 spiro atoms. The fraction of sp³-hybridized carbons (Fsp3) is 0.250. The second-order valence-electron chi connectivity index (χ2n) is 6.78. The van der Waals surface area contributed by atoms with Gasteiger partial charge in [0.2, 0.25) is 5.91 Å². The highest BCUT2D eigenvalue weighted by molar-refractivity contribution is 7.09. The molecule has 0 atom stereocenters. The number of hydrogen-bond acceptors (Lipinski definition) is 6. The van der Waals surface area contributed by atoms with Crippen LogP contribution in [0.1, 0.15) is 21.8 Å². The maximum Gasteiger partial charge on any atom is 0.244 e. The third-order valence-corrected chi connectivity index (χ3v) is 5.32. The van der Waals surface area contributed by atoms with Crippen LogP contribution in [0, 0.1) is 6.92 Å². The Morgan fingerprint density at radius 1 is 1.13 bits per heavy atom. The lowest BCUT2D eigenvalue weighted by Crippen LogP contribution is -2.23. The van der Waals surface area contributed by atoms with Gasteiger partial charge >= 0.3 is 0 Å². The fourth-order valence-corrected chi connectivity index (χ4v) is 3.53. The number of carbonyl (C=O) groups excluding carboxylic acids is 1. The van der Waals surface area contributed by atoms with Gasteiger partial charge in [0.15, 0.2) is 11.5 Å². The van der Waals surface area contributed by atoms with E-state index in [-0.39, 0.29) is 5.91 Å². The van der Waals surface area contributed by atoms with Crippen molar-refractivity contribution in [3.63, 3.8) is 0 Å². The zero-order chi connectivity index (χ0) is 22.1. The van der Waals surface area contributed by atoms with Crippen LogP contribution in [0.3, 0.4) is 0 Å². The predicted octanol–water partition coefficient (Wildman–Crippen LogP) is 4.42. The molecular formula is C24H26N2O4S. The minimum absolute atomic E-state index is 0.148. The van der Waals surface area contributed by atoms with Crippen molar-refractivity contribution in [3.05, 3.63) is 75.7 Å². The van der Waals surface area contributed by atoms with Crippen LogP contribution in [0.5, 0.6) is 17.2 Å². The molecule has 0 aliphatic carbocycles. The highest BCUT2D eigenvalue weighted by Gasteiger charge is 2.05. The van der Waals surface area contributed by atoms with Crippen molar-refractivity contribution in [2.45, 2.75) is 20.0 Å².